The van der Waals surface area contributed by atoms with E-state index in [0.717, 1.165) is 56.4 Å². The first kappa shape index (κ1) is 18.1. The maximum absolute atomic E-state index is 5.33. The molecule has 1 aromatic rings. The Bertz CT molecular complexity index is 461. The Morgan fingerprint density at radius 2 is 1.86 bits per heavy atom. The first-order valence-electron chi connectivity index (χ1n) is 7.98. The van der Waals surface area contributed by atoms with Crippen molar-refractivity contribution in [2.24, 2.45) is 4.99 Å². The number of guanidine groups is 1. The van der Waals surface area contributed by atoms with Crippen molar-refractivity contribution in [2.75, 3.05) is 33.9 Å². The molecule has 5 heteroatoms. The molecule has 0 saturated carbocycles. The number of aliphatic imine (C=N–C) groups is 1. The zero-order valence-corrected chi connectivity index (χ0v) is 14.2. The first-order valence-corrected chi connectivity index (χ1v) is 7.98. The van der Waals surface area contributed by atoms with E-state index >= 15 is 0 Å². The smallest absolute Gasteiger partial charge is 0.191 e. The standard InChI is InChI=1S/C17H29N3O2/c1-5-11-19-17(18-6-2)20-12-7-8-14-9-10-15(21-3)16(13-14)22-4/h9-10,13H,5-8,11-12H2,1-4H3,(H2,18,19,20). The van der Waals surface area contributed by atoms with E-state index < -0.39 is 0 Å². The van der Waals surface area contributed by atoms with Gasteiger partial charge in [-0.2, -0.15) is 0 Å². The van der Waals surface area contributed by atoms with E-state index in [1.165, 1.54) is 5.56 Å². The minimum Gasteiger partial charge on any atom is -0.493 e. The molecule has 5 nitrogen and oxygen atoms in total. The second-order valence-electron chi connectivity index (χ2n) is 4.98. The number of ether oxygens (including phenoxy) is 2. The van der Waals surface area contributed by atoms with Gasteiger partial charge in [-0.15, -0.1) is 0 Å². The van der Waals surface area contributed by atoms with Crippen molar-refractivity contribution in [1.82, 2.24) is 10.6 Å². The molecule has 0 aromatic heterocycles. The number of methoxy groups -OCH3 is 2. The highest BCUT2D eigenvalue weighted by molar-refractivity contribution is 5.79. The van der Waals surface area contributed by atoms with Crippen LogP contribution >= 0.6 is 0 Å². The van der Waals surface area contributed by atoms with E-state index in [1.54, 1.807) is 14.2 Å². The number of aryl methyl sites for hydroxylation is 1. The molecule has 1 aromatic carbocycles. The van der Waals surface area contributed by atoms with E-state index in [4.69, 9.17) is 9.47 Å². The predicted octanol–water partition coefficient (Wildman–Crippen LogP) is 2.60. The van der Waals surface area contributed by atoms with Gasteiger partial charge in [0.05, 0.1) is 14.2 Å². The molecule has 0 radical (unpaired) electrons. The summed E-state index contributed by atoms with van der Waals surface area (Å²) in [6.45, 7) is 6.83. The van der Waals surface area contributed by atoms with Gasteiger partial charge in [0.1, 0.15) is 0 Å². The Labute approximate surface area is 134 Å². The molecule has 0 aliphatic carbocycles. The second-order valence-corrected chi connectivity index (χ2v) is 4.98. The lowest BCUT2D eigenvalue weighted by molar-refractivity contribution is 0.354. The van der Waals surface area contributed by atoms with Gasteiger partial charge >= 0.3 is 0 Å². The van der Waals surface area contributed by atoms with Crippen molar-refractivity contribution in [3.8, 4) is 11.5 Å². The van der Waals surface area contributed by atoms with Crippen LogP contribution in [0.15, 0.2) is 23.2 Å². The first-order chi connectivity index (χ1) is 10.7. The maximum atomic E-state index is 5.33. The van der Waals surface area contributed by atoms with E-state index in [0.29, 0.717) is 0 Å². The highest BCUT2D eigenvalue weighted by atomic mass is 16.5. The molecule has 2 N–H and O–H groups in total. The minimum absolute atomic E-state index is 0.769. The fourth-order valence-corrected chi connectivity index (χ4v) is 2.10. The van der Waals surface area contributed by atoms with Crippen LogP contribution in [0, 0.1) is 0 Å². The van der Waals surface area contributed by atoms with Crippen molar-refractivity contribution in [3.63, 3.8) is 0 Å². The van der Waals surface area contributed by atoms with Crippen molar-refractivity contribution in [3.05, 3.63) is 23.8 Å². The van der Waals surface area contributed by atoms with Crippen molar-refractivity contribution >= 4 is 5.96 Å². The van der Waals surface area contributed by atoms with Gasteiger partial charge < -0.3 is 20.1 Å². The van der Waals surface area contributed by atoms with Crippen LogP contribution in [0.4, 0.5) is 0 Å². The summed E-state index contributed by atoms with van der Waals surface area (Å²) in [5, 5.41) is 6.61. The Kier molecular flexibility index (Phi) is 8.88. The summed E-state index contributed by atoms with van der Waals surface area (Å²) in [5.74, 6) is 2.45. The molecule has 22 heavy (non-hydrogen) atoms. The van der Waals surface area contributed by atoms with Gasteiger partial charge in [0.2, 0.25) is 0 Å². The van der Waals surface area contributed by atoms with Gasteiger partial charge in [-0.1, -0.05) is 13.0 Å². The van der Waals surface area contributed by atoms with Gasteiger partial charge in [-0.05, 0) is 43.9 Å². The quantitative estimate of drug-likeness (QED) is 0.418. The zero-order chi connectivity index (χ0) is 16.2. The molecule has 0 spiro atoms. The van der Waals surface area contributed by atoms with Gasteiger partial charge in [-0.25, -0.2) is 0 Å². The van der Waals surface area contributed by atoms with Gasteiger partial charge in [0, 0.05) is 19.6 Å². The highest BCUT2D eigenvalue weighted by Gasteiger charge is 2.04. The van der Waals surface area contributed by atoms with E-state index in [1.807, 2.05) is 12.1 Å². The Morgan fingerprint density at radius 1 is 1.09 bits per heavy atom. The fourth-order valence-electron chi connectivity index (χ4n) is 2.10. The van der Waals surface area contributed by atoms with Crippen LogP contribution in [0.1, 0.15) is 32.3 Å². The van der Waals surface area contributed by atoms with Crippen LogP contribution in [0.5, 0.6) is 11.5 Å². The molecule has 0 amide bonds. The summed E-state index contributed by atoms with van der Waals surface area (Å²) >= 11 is 0. The fraction of sp³-hybridized carbons (Fsp3) is 0.588. The molecule has 124 valence electrons. The van der Waals surface area contributed by atoms with Crippen molar-refractivity contribution in [1.29, 1.82) is 0 Å². The molecule has 0 aliphatic rings. The lowest BCUT2D eigenvalue weighted by Crippen LogP contribution is -2.38. The van der Waals surface area contributed by atoms with Gasteiger partial charge in [-0.3, -0.25) is 4.99 Å². The van der Waals surface area contributed by atoms with E-state index in [2.05, 4.69) is 35.5 Å². The molecule has 1 rings (SSSR count). The van der Waals surface area contributed by atoms with Crippen LogP contribution in [-0.2, 0) is 6.42 Å². The van der Waals surface area contributed by atoms with Crippen molar-refractivity contribution < 1.29 is 9.47 Å². The summed E-state index contributed by atoms with van der Waals surface area (Å²) < 4.78 is 10.6. The van der Waals surface area contributed by atoms with Crippen LogP contribution in [0.2, 0.25) is 0 Å². The number of rotatable bonds is 9. The SMILES string of the molecule is CCCN=C(NCC)NCCCc1ccc(OC)c(OC)c1. The van der Waals surface area contributed by atoms with E-state index in [-0.39, 0.29) is 0 Å². The number of benzene rings is 1. The normalized spacial score (nSPS) is 11.2. The topological polar surface area (TPSA) is 54.9 Å². The lowest BCUT2D eigenvalue weighted by atomic mass is 10.1. The van der Waals surface area contributed by atoms with Gasteiger partial charge in [0.15, 0.2) is 17.5 Å². The zero-order valence-electron chi connectivity index (χ0n) is 14.2. The van der Waals surface area contributed by atoms with Gasteiger partial charge in [0.25, 0.3) is 0 Å². The molecule has 0 heterocycles. The van der Waals surface area contributed by atoms with E-state index in [9.17, 15) is 0 Å². The largest absolute Gasteiger partial charge is 0.493 e. The molecule has 0 saturated heterocycles. The average molecular weight is 307 g/mol. The number of nitrogens with zero attached hydrogens (tertiary/aromatic N) is 1. The third-order valence-electron chi connectivity index (χ3n) is 3.22. The second kappa shape index (κ2) is 10.8. The lowest BCUT2D eigenvalue weighted by Gasteiger charge is -2.12. The minimum atomic E-state index is 0.769. The third kappa shape index (κ3) is 6.24. The highest BCUT2D eigenvalue weighted by Crippen LogP contribution is 2.27. The molecular weight excluding hydrogens is 278 g/mol. The predicted molar refractivity (Wildman–Crippen MR) is 92.1 cm³/mol. The monoisotopic (exact) mass is 307 g/mol. The number of hydrogen-bond donors (Lipinski definition) is 2. The Morgan fingerprint density at radius 3 is 2.50 bits per heavy atom. The average Bonchev–Trinajstić information content (AvgIpc) is 2.56. The molecule has 0 unspecified atom stereocenters. The molecule has 0 bridgehead atoms. The summed E-state index contributed by atoms with van der Waals surface area (Å²) in [5.41, 5.74) is 1.25. The molecule has 0 atom stereocenters. The molecular formula is C17H29N3O2. The van der Waals surface area contributed by atoms with Crippen LogP contribution < -0.4 is 20.1 Å². The summed E-state index contributed by atoms with van der Waals surface area (Å²) in [6, 6.07) is 6.07. The Hall–Kier alpha value is -1.91. The third-order valence-corrected chi connectivity index (χ3v) is 3.22. The molecule has 0 aliphatic heterocycles. The summed E-state index contributed by atoms with van der Waals surface area (Å²) in [6.07, 6.45) is 3.08. The number of hydrogen-bond acceptors (Lipinski definition) is 3. The number of nitrogens with one attached hydrogen (secondary N) is 2. The van der Waals surface area contributed by atoms with Crippen molar-refractivity contribution in [2.45, 2.75) is 33.1 Å². The van der Waals surface area contributed by atoms with Crippen LogP contribution in [0.3, 0.4) is 0 Å². The summed E-state index contributed by atoms with van der Waals surface area (Å²) in [7, 11) is 3.31. The summed E-state index contributed by atoms with van der Waals surface area (Å²) in [4.78, 5) is 4.48. The molecule has 0 fully saturated rings. The maximum Gasteiger partial charge on any atom is 0.191 e. The Balaban J connectivity index is 2.43. The van der Waals surface area contributed by atoms with Crippen LogP contribution in [-0.4, -0.2) is 39.8 Å². The van der Waals surface area contributed by atoms with Crippen LogP contribution in [0.25, 0.3) is 0 Å².